The second-order valence-corrected chi connectivity index (χ2v) is 7.88. The number of hydrogen-bond acceptors (Lipinski definition) is 4. The normalized spacial score (nSPS) is 14.5. The maximum atomic E-state index is 13.2. The number of nitrogens with zero attached hydrogens (tertiary/aromatic N) is 2. The second-order valence-electron chi connectivity index (χ2n) is 7.88. The molecular formula is C25H27N3O3. The molecule has 0 saturated carbocycles. The molecule has 1 fully saturated rings. The predicted molar refractivity (Wildman–Crippen MR) is 123 cm³/mol. The third kappa shape index (κ3) is 4.86. The molecule has 1 N–H and O–H groups in total. The number of ether oxygens (including phenoxy) is 1. The van der Waals surface area contributed by atoms with Gasteiger partial charge in [-0.3, -0.25) is 14.5 Å². The van der Waals surface area contributed by atoms with Gasteiger partial charge in [0.25, 0.3) is 5.91 Å². The van der Waals surface area contributed by atoms with Crippen LogP contribution in [0.4, 0.5) is 5.69 Å². The first kappa shape index (κ1) is 20.9. The minimum absolute atomic E-state index is 0.0358. The molecule has 6 nitrogen and oxygen atoms in total. The largest absolute Gasteiger partial charge is 0.496 e. The number of piperazine rings is 1. The lowest BCUT2D eigenvalue weighted by molar-refractivity contribution is -0.117. The number of carbonyl (C=O) groups excluding carboxylic acids is 2. The molecule has 4 rings (SSSR count). The van der Waals surface area contributed by atoms with E-state index in [4.69, 9.17) is 4.74 Å². The van der Waals surface area contributed by atoms with E-state index >= 15 is 0 Å². The summed E-state index contributed by atoms with van der Waals surface area (Å²) in [5.41, 5.74) is 2.53. The van der Waals surface area contributed by atoms with Crippen LogP contribution in [-0.4, -0.2) is 61.4 Å². The number of nitrogens with one attached hydrogen (secondary N) is 1. The Morgan fingerprint density at radius 2 is 1.58 bits per heavy atom. The van der Waals surface area contributed by atoms with E-state index in [-0.39, 0.29) is 11.8 Å². The molecule has 0 spiro atoms. The maximum Gasteiger partial charge on any atom is 0.257 e. The second kappa shape index (κ2) is 9.18. The number of rotatable bonds is 5. The lowest BCUT2D eigenvalue weighted by Crippen LogP contribution is -2.50. The maximum absolute atomic E-state index is 13.2. The minimum Gasteiger partial charge on any atom is -0.496 e. The highest BCUT2D eigenvalue weighted by Crippen LogP contribution is 2.27. The van der Waals surface area contributed by atoms with Crippen LogP contribution in [0.1, 0.15) is 15.9 Å². The Morgan fingerprint density at radius 1 is 0.935 bits per heavy atom. The predicted octanol–water partition coefficient (Wildman–Crippen LogP) is 3.55. The van der Waals surface area contributed by atoms with Gasteiger partial charge in [-0.2, -0.15) is 0 Å². The SMILES string of the molecule is COc1cc2ccccc2cc1C(=O)N1CCN(CC(=O)Nc2ccc(C)cc2)CC1. The van der Waals surface area contributed by atoms with Crippen molar-refractivity contribution in [1.29, 1.82) is 0 Å². The number of aryl methyl sites for hydroxylation is 1. The molecule has 0 bridgehead atoms. The molecule has 0 unspecified atom stereocenters. The molecule has 6 heteroatoms. The van der Waals surface area contributed by atoms with Gasteiger partial charge < -0.3 is 15.0 Å². The van der Waals surface area contributed by atoms with Gasteiger partial charge in [0, 0.05) is 31.9 Å². The summed E-state index contributed by atoms with van der Waals surface area (Å²) in [6, 6.07) is 19.5. The summed E-state index contributed by atoms with van der Waals surface area (Å²) in [5, 5.41) is 4.98. The molecule has 3 aromatic rings. The quantitative estimate of drug-likeness (QED) is 0.690. The van der Waals surface area contributed by atoms with E-state index in [1.807, 2.05) is 72.5 Å². The smallest absolute Gasteiger partial charge is 0.257 e. The van der Waals surface area contributed by atoms with E-state index in [9.17, 15) is 9.59 Å². The molecule has 1 heterocycles. The zero-order valence-electron chi connectivity index (χ0n) is 17.9. The molecule has 0 radical (unpaired) electrons. The Kier molecular flexibility index (Phi) is 6.18. The first-order valence-corrected chi connectivity index (χ1v) is 10.5. The summed E-state index contributed by atoms with van der Waals surface area (Å²) in [4.78, 5) is 29.4. The van der Waals surface area contributed by atoms with Crippen molar-refractivity contribution in [1.82, 2.24) is 9.80 Å². The number of carbonyl (C=O) groups is 2. The van der Waals surface area contributed by atoms with E-state index in [0.717, 1.165) is 22.0 Å². The van der Waals surface area contributed by atoms with Gasteiger partial charge in [0.1, 0.15) is 5.75 Å². The number of benzene rings is 3. The van der Waals surface area contributed by atoms with E-state index in [1.54, 1.807) is 7.11 Å². The van der Waals surface area contributed by atoms with Crippen molar-refractivity contribution in [3.05, 3.63) is 71.8 Å². The van der Waals surface area contributed by atoms with Crippen molar-refractivity contribution in [2.24, 2.45) is 0 Å². The minimum atomic E-state index is -0.0418. The molecule has 3 aromatic carbocycles. The molecule has 1 saturated heterocycles. The van der Waals surface area contributed by atoms with Gasteiger partial charge in [-0.1, -0.05) is 42.0 Å². The molecule has 1 aliphatic rings. The fourth-order valence-electron chi connectivity index (χ4n) is 3.88. The van der Waals surface area contributed by atoms with Gasteiger partial charge in [0.2, 0.25) is 5.91 Å². The first-order valence-electron chi connectivity index (χ1n) is 10.5. The third-order valence-electron chi connectivity index (χ3n) is 5.66. The summed E-state index contributed by atoms with van der Waals surface area (Å²) < 4.78 is 5.49. The Bertz CT molecular complexity index is 1090. The van der Waals surface area contributed by atoms with E-state index in [2.05, 4.69) is 10.2 Å². The van der Waals surface area contributed by atoms with Crippen LogP contribution in [0.3, 0.4) is 0 Å². The molecular weight excluding hydrogens is 390 g/mol. The summed E-state index contributed by atoms with van der Waals surface area (Å²) in [5.74, 6) is 0.509. The highest BCUT2D eigenvalue weighted by Gasteiger charge is 2.25. The molecule has 0 aromatic heterocycles. The highest BCUT2D eigenvalue weighted by atomic mass is 16.5. The first-order chi connectivity index (χ1) is 15.0. The number of anilines is 1. The zero-order valence-corrected chi connectivity index (χ0v) is 17.9. The van der Waals surface area contributed by atoms with Crippen molar-refractivity contribution in [2.75, 3.05) is 45.2 Å². The zero-order chi connectivity index (χ0) is 21.8. The van der Waals surface area contributed by atoms with E-state index in [1.165, 1.54) is 0 Å². The van der Waals surface area contributed by atoms with Crippen LogP contribution in [0.5, 0.6) is 5.75 Å². The van der Waals surface area contributed by atoms with Crippen molar-refractivity contribution >= 4 is 28.3 Å². The number of hydrogen-bond donors (Lipinski definition) is 1. The third-order valence-corrected chi connectivity index (χ3v) is 5.66. The molecule has 2 amide bonds. The Labute approximate surface area is 182 Å². The van der Waals surface area contributed by atoms with E-state index in [0.29, 0.717) is 44.0 Å². The topological polar surface area (TPSA) is 61.9 Å². The van der Waals surface area contributed by atoms with Crippen molar-refractivity contribution in [2.45, 2.75) is 6.92 Å². The Hall–Kier alpha value is -3.38. The number of amides is 2. The average molecular weight is 418 g/mol. The average Bonchev–Trinajstić information content (AvgIpc) is 2.79. The van der Waals surface area contributed by atoms with Crippen LogP contribution in [0, 0.1) is 6.92 Å². The van der Waals surface area contributed by atoms with Gasteiger partial charge in [0.15, 0.2) is 0 Å². The van der Waals surface area contributed by atoms with Crippen molar-refractivity contribution < 1.29 is 14.3 Å². The van der Waals surface area contributed by atoms with Gasteiger partial charge >= 0.3 is 0 Å². The fraction of sp³-hybridized carbons (Fsp3) is 0.280. The Morgan fingerprint density at radius 3 is 2.23 bits per heavy atom. The summed E-state index contributed by atoms with van der Waals surface area (Å²) in [6.07, 6.45) is 0. The van der Waals surface area contributed by atoms with Gasteiger partial charge in [-0.05, 0) is 42.0 Å². The van der Waals surface area contributed by atoms with Crippen LogP contribution in [0.15, 0.2) is 60.7 Å². The monoisotopic (exact) mass is 417 g/mol. The van der Waals surface area contributed by atoms with Gasteiger partial charge in [0.05, 0.1) is 19.2 Å². The van der Waals surface area contributed by atoms with Crippen molar-refractivity contribution in [3.8, 4) is 5.75 Å². The summed E-state index contributed by atoms with van der Waals surface area (Å²) >= 11 is 0. The van der Waals surface area contributed by atoms with Crippen LogP contribution < -0.4 is 10.1 Å². The van der Waals surface area contributed by atoms with Gasteiger partial charge in [-0.25, -0.2) is 0 Å². The van der Waals surface area contributed by atoms with Crippen LogP contribution >= 0.6 is 0 Å². The molecule has 0 atom stereocenters. The fourth-order valence-corrected chi connectivity index (χ4v) is 3.88. The molecule has 160 valence electrons. The highest BCUT2D eigenvalue weighted by molar-refractivity contribution is 6.01. The van der Waals surface area contributed by atoms with Crippen molar-refractivity contribution in [3.63, 3.8) is 0 Å². The molecule has 1 aliphatic heterocycles. The Balaban J connectivity index is 1.36. The lowest BCUT2D eigenvalue weighted by atomic mass is 10.0. The van der Waals surface area contributed by atoms with E-state index < -0.39 is 0 Å². The van der Waals surface area contributed by atoms with Crippen LogP contribution in [0.25, 0.3) is 10.8 Å². The molecule has 0 aliphatic carbocycles. The lowest BCUT2D eigenvalue weighted by Gasteiger charge is -2.34. The standard InChI is InChI=1S/C25H27N3O3/c1-18-7-9-21(10-8-18)26-24(29)17-27-11-13-28(14-12-27)25(30)22-15-19-5-3-4-6-20(19)16-23(22)31-2/h3-10,15-16H,11-14,17H2,1-2H3,(H,26,29). The van der Waals surface area contributed by atoms with Crippen LogP contribution in [0.2, 0.25) is 0 Å². The molecule has 31 heavy (non-hydrogen) atoms. The van der Waals surface area contributed by atoms with Gasteiger partial charge in [-0.15, -0.1) is 0 Å². The number of fused-ring (bicyclic) bond motifs is 1. The summed E-state index contributed by atoms with van der Waals surface area (Å²) in [6.45, 7) is 4.79. The summed E-state index contributed by atoms with van der Waals surface area (Å²) in [7, 11) is 1.59. The van der Waals surface area contributed by atoms with Crippen LogP contribution in [-0.2, 0) is 4.79 Å². The number of methoxy groups -OCH3 is 1.